The van der Waals surface area contributed by atoms with Gasteiger partial charge < -0.3 is 10.1 Å². The summed E-state index contributed by atoms with van der Waals surface area (Å²) in [5.74, 6) is 0.941. The lowest BCUT2D eigenvalue weighted by molar-refractivity contribution is 0.414. The fraction of sp³-hybridized carbons (Fsp3) is 0.647. The van der Waals surface area contributed by atoms with E-state index in [9.17, 15) is 0 Å². The predicted octanol–water partition coefficient (Wildman–Crippen LogP) is 4.49. The Morgan fingerprint density at radius 3 is 2.60 bits per heavy atom. The summed E-state index contributed by atoms with van der Waals surface area (Å²) in [6.45, 7) is 3.39. The van der Waals surface area contributed by atoms with Gasteiger partial charge in [0.25, 0.3) is 0 Å². The maximum Gasteiger partial charge on any atom is 0.118 e. The van der Waals surface area contributed by atoms with Crippen LogP contribution in [0.3, 0.4) is 0 Å². The first kappa shape index (κ1) is 15.7. The SMILES string of the molecule is CCCNC1CCCCCC1Sc1ccc(OC)cc1. The van der Waals surface area contributed by atoms with E-state index in [0.717, 1.165) is 12.3 Å². The van der Waals surface area contributed by atoms with Gasteiger partial charge >= 0.3 is 0 Å². The van der Waals surface area contributed by atoms with Crippen LogP contribution in [0.25, 0.3) is 0 Å². The van der Waals surface area contributed by atoms with Crippen LogP contribution in [0.4, 0.5) is 0 Å². The van der Waals surface area contributed by atoms with Crippen molar-refractivity contribution in [1.82, 2.24) is 5.32 Å². The Balaban J connectivity index is 1.98. The lowest BCUT2D eigenvalue weighted by Crippen LogP contribution is -2.37. The van der Waals surface area contributed by atoms with E-state index in [0.29, 0.717) is 11.3 Å². The van der Waals surface area contributed by atoms with E-state index in [2.05, 4.69) is 36.5 Å². The molecule has 0 heterocycles. The van der Waals surface area contributed by atoms with Gasteiger partial charge in [-0.3, -0.25) is 0 Å². The Bertz CT molecular complexity index is 379. The molecule has 2 rings (SSSR count). The molecule has 3 heteroatoms. The van der Waals surface area contributed by atoms with Crippen LogP contribution in [0.5, 0.6) is 5.75 Å². The summed E-state index contributed by atoms with van der Waals surface area (Å²) in [6, 6.07) is 9.17. The number of hydrogen-bond donors (Lipinski definition) is 1. The van der Waals surface area contributed by atoms with E-state index in [1.807, 2.05) is 11.8 Å². The molecule has 0 spiro atoms. The van der Waals surface area contributed by atoms with Gasteiger partial charge in [0.15, 0.2) is 0 Å². The Morgan fingerprint density at radius 1 is 1.15 bits per heavy atom. The zero-order chi connectivity index (χ0) is 14.2. The highest BCUT2D eigenvalue weighted by atomic mass is 32.2. The van der Waals surface area contributed by atoms with E-state index < -0.39 is 0 Å². The molecule has 0 bridgehead atoms. The normalized spacial score (nSPS) is 23.3. The molecule has 1 aliphatic carbocycles. The molecule has 1 aromatic rings. The molecular formula is C17H27NOS. The van der Waals surface area contributed by atoms with Crippen molar-refractivity contribution < 1.29 is 4.74 Å². The number of benzene rings is 1. The second-order valence-electron chi connectivity index (χ2n) is 5.53. The molecule has 1 aliphatic rings. The Morgan fingerprint density at radius 2 is 1.90 bits per heavy atom. The molecule has 2 unspecified atom stereocenters. The van der Waals surface area contributed by atoms with Crippen molar-refractivity contribution in [2.45, 2.75) is 61.6 Å². The third-order valence-electron chi connectivity index (χ3n) is 3.96. The summed E-state index contributed by atoms with van der Waals surface area (Å²) in [4.78, 5) is 1.36. The van der Waals surface area contributed by atoms with Crippen LogP contribution in [0, 0.1) is 0 Å². The molecule has 0 radical (unpaired) electrons. The van der Waals surface area contributed by atoms with Crippen LogP contribution in [-0.2, 0) is 0 Å². The second kappa shape index (κ2) is 8.58. The molecule has 1 saturated carbocycles. The Labute approximate surface area is 127 Å². The third-order valence-corrected chi connectivity index (χ3v) is 5.37. The Kier molecular flexibility index (Phi) is 6.74. The summed E-state index contributed by atoms with van der Waals surface area (Å²) in [6.07, 6.45) is 8.02. The molecule has 0 aliphatic heterocycles. The largest absolute Gasteiger partial charge is 0.497 e. The number of hydrogen-bond acceptors (Lipinski definition) is 3. The summed E-state index contributed by atoms with van der Waals surface area (Å²) in [7, 11) is 1.72. The lowest BCUT2D eigenvalue weighted by Gasteiger charge is -2.26. The van der Waals surface area contributed by atoms with Crippen molar-refractivity contribution in [2.24, 2.45) is 0 Å². The van der Waals surface area contributed by atoms with Crippen molar-refractivity contribution in [2.75, 3.05) is 13.7 Å². The first-order valence-electron chi connectivity index (χ1n) is 7.87. The third kappa shape index (κ3) is 4.71. The number of nitrogens with one attached hydrogen (secondary N) is 1. The summed E-state index contributed by atoms with van der Waals surface area (Å²) < 4.78 is 5.23. The number of ether oxygens (including phenoxy) is 1. The zero-order valence-electron chi connectivity index (χ0n) is 12.7. The van der Waals surface area contributed by atoms with Crippen molar-refractivity contribution in [3.8, 4) is 5.75 Å². The van der Waals surface area contributed by atoms with Crippen molar-refractivity contribution in [1.29, 1.82) is 0 Å². The van der Waals surface area contributed by atoms with Crippen LogP contribution in [-0.4, -0.2) is 24.9 Å². The van der Waals surface area contributed by atoms with Crippen LogP contribution in [0.1, 0.15) is 45.4 Å². The van der Waals surface area contributed by atoms with Gasteiger partial charge in [0.05, 0.1) is 7.11 Å². The maximum absolute atomic E-state index is 5.23. The smallest absolute Gasteiger partial charge is 0.118 e. The fourth-order valence-electron chi connectivity index (χ4n) is 2.81. The average Bonchev–Trinajstić information content (AvgIpc) is 2.71. The van der Waals surface area contributed by atoms with Gasteiger partial charge in [-0.15, -0.1) is 11.8 Å². The maximum atomic E-state index is 5.23. The van der Waals surface area contributed by atoms with E-state index in [-0.39, 0.29) is 0 Å². The lowest BCUT2D eigenvalue weighted by atomic mass is 10.1. The molecule has 1 N–H and O–H groups in total. The first-order chi connectivity index (χ1) is 9.83. The molecule has 1 fully saturated rings. The van der Waals surface area contributed by atoms with E-state index in [1.165, 1.54) is 43.4 Å². The minimum Gasteiger partial charge on any atom is -0.497 e. The average molecular weight is 293 g/mol. The monoisotopic (exact) mass is 293 g/mol. The van der Waals surface area contributed by atoms with Gasteiger partial charge in [0.1, 0.15) is 5.75 Å². The topological polar surface area (TPSA) is 21.3 Å². The van der Waals surface area contributed by atoms with E-state index in [4.69, 9.17) is 4.74 Å². The first-order valence-corrected chi connectivity index (χ1v) is 8.75. The van der Waals surface area contributed by atoms with Gasteiger partial charge in [-0.2, -0.15) is 0 Å². The highest BCUT2D eigenvalue weighted by molar-refractivity contribution is 8.00. The molecule has 0 saturated heterocycles. The summed E-state index contributed by atoms with van der Waals surface area (Å²) >= 11 is 2.04. The van der Waals surface area contributed by atoms with Crippen molar-refractivity contribution >= 4 is 11.8 Å². The Hall–Kier alpha value is -0.670. The quantitative estimate of drug-likeness (QED) is 0.781. The standard InChI is InChI=1S/C17H27NOS/c1-3-13-18-16-7-5-4-6-8-17(16)20-15-11-9-14(19-2)10-12-15/h9-12,16-18H,3-8,13H2,1-2H3. The number of thioether (sulfide) groups is 1. The van der Waals surface area contributed by atoms with Crippen molar-refractivity contribution in [3.63, 3.8) is 0 Å². The molecular weight excluding hydrogens is 266 g/mol. The second-order valence-corrected chi connectivity index (χ2v) is 6.84. The van der Waals surface area contributed by atoms with Gasteiger partial charge in [0, 0.05) is 16.2 Å². The molecule has 20 heavy (non-hydrogen) atoms. The van der Waals surface area contributed by atoms with Gasteiger partial charge in [0.2, 0.25) is 0 Å². The van der Waals surface area contributed by atoms with E-state index in [1.54, 1.807) is 7.11 Å². The van der Waals surface area contributed by atoms with E-state index >= 15 is 0 Å². The van der Waals surface area contributed by atoms with Crippen LogP contribution in [0.15, 0.2) is 29.2 Å². The summed E-state index contributed by atoms with van der Waals surface area (Å²) in [5, 5.41) is 4.46. The van der Waals surface area contributed by atoms with Gasteiger partial charge in [-0.25, -0.2) is 0 Å². The molecule has 0 aromatic heterocycles. The fourth-order valence-corrected chi connectivity index (χ4v) is 4.13. The minimum absolute atomic E-state index is 0.671. The summed E-state index contributed by atoms with van der Waals surface area (Å²) in [5.41, 5.74) is 0. The van der Waals surface area contributed by atoms with Gasteiger partial charge in [-0.05, 0) is 50.1 Å². The molecule has 2 nitrogen and oxygen atoms in total. The van der Waals surface area contributed by atoms with Crippen LogP contribution >= 0.6 is 11.8 Å². The zero-order valence-corrected chi connectivity index (χ0v) is 13.5. The highest BCUT2D eigenvalue weighted by Crippen LogP contribution is 2.33. The molecule has 112 valence electrons. The number of methoxy groups -OCH3 is 1. The van der Waals surface area contributed by atoms with Crippen LogP contribution < -0.4 is 10.1 Å². The molecule has 0 amide bonds. The highest BCUT2D eigenvalue weighted by Gasteiger charge is 2.23. The van der Waals surface area contributed by atoms with Crippen molar-refractivity contribution in [3.05, 3.63) is 24.3 Å². The minimum atomic E-state index is 0.671. The predicted molar refractivity (Wildman–Crippen MR) is 87.8 cm³/mol. The number of rotatable bonds is 6. The van der Waals surface area contributed by atoms with Crippen LogP contribution in [0.2, 0.25) is 0 Å². The molecule has 1 aromatic carbocycles. The van der Waals surface area contributed by atoms with Gasteiger partial charge in [-0.1, -0.05) is 26.2 Å². The molecule has 2 atom stereocenters.